The third-order valence-electron chi connectivity index (χ3n) is 2.71. The number of halogens is 1. The van der Waals surface area contributed by atoms with E-state index in [9.17, 15) is 9.18 Å². The van der Waals surface area contributed by atoms with Crippen molar-refractivity contribution in [2.75, 3.05) is 7.11 Å². The van der Waals surface area contributed by atoms with Gasteiger partial charge in [0.15, 0.2) is 11.6 Å². The average Bonchev–Trinajstić information content (AvgIpc) is 2.46. The molecular weight excluding hydrogens is 263 g/mol. The molecule has 2 aromatic rings. The third-order valence-corrected chi connectivity index (χ3v) is 2.71. The second kappa shape index (κ2) is 6.06. The van der Waals surface area contributed by atoms with E-state index in [4.69, 9.17) is 14.6 Å². The first-order valence-electron chi connectivity index (χ1n) is 5.88. The van der Waals surface area contributed by atoms with E-state index in [1.165, 1.54) is 12.1 Å². The molecule has 0 amide bonds. The van der Waals surface area contributed by atoms with E-state index in [0.717, 1.165) is 11.6 Å². The van der Waals surface area contributed by atoms with Crippen molar-refractivity contribution in [3.63, 3.8) is 0 Å². The minimum atomic E-state index is -1.18. The smallest absolute Gasteiger partial charge is 0.335 e. The number of methoxy groups -OCH3 is 1. The molecular formula is C15H13FO4. The fourth-order valence-electron chi connectivity index (χ4n) is 1.67. The first-order chi connectivity index (χ1) is 9.60. The van der Waals surface area contributed by atoms with E-state index in [1.54, 1.807) is 25.3 Å². The van der Waals surface area contributed by atoms with E-state index in [1.807, 2.05) is 6.07 Å². The van der Waals surface area contributed by atoms with Crippen molar-refractivity contribution in [1.29, 1.82) is 0 Å². The van der Waals surface area contributed by atoms with Gasteiger partial charge in [-0.15, -0.1) is 0 Å². The Hall–Kier alpha value is -2.56. The van der Waals surface area contributed by atoms with Crippen LogP contribution in [0.2, 0.25) is 0 Å². The lowest BCUT2D eigenvalue weighted by atomic mass is 10.2. The van der Waals surface area contributed by atoms with Gasteiger partial charge in [0, 0.05) is 0 Å². The Labute approximate surface area is 115 Å². The number of hydrogen-bond donors (Lipinski definition) is 1. The fraction of sp³-hybridized carbons (Fsp3) is 0.133. The minimum Gasteiger partial charge on any atom is -0.497 e. The molecule has 5 heteroatoms. The molecule has 2 rings (SSSR count). The van der Waals surface area contributed by atoms with Crippen molar-refractivity contribution >= 4 is 5.97 Å². The van der Waals surface area contributed by atoms with Gasteiger partial charge in [0.25, 0.3) is 0 Å². The van der Waals surface area contributed by atoms with Crippen LogP contribution in [-0.2, 0) is 6.61 Å². The topological polar surface area (TPSA) is 55.8 Å². The molecule has 104 valence electrons. The highest BCUT2D eigenvalue weighted by Crippen LogP contribution is 2.20. The average molecular weight is 276 g/mol. The number of carboxylic acids is 1. The highest BCUT2D eigenvalue weighted by molar-refractivity contribution is 5.87. The number of carbonyl (C=O) groups is 1. The van der Waals surface area contributed by atoms with Gasteiger partial charge >= 0.3 is 5.97 Å². The van der Waals surface area contributed by atoms with Gasteiger partial charge in [-0.1, -0.05) is 12.1 Å². The van der Waals surface area contributed by atoms with Crippen LogP contribution in [-0.4, -0.2) is 18.2 Å². The van der Waals surface area contributed by atoms with Crippen LogP contribution in [0, 0.1) is 5.82 Å². The Balaban J connectivity index is 2.08. The first-order valence-corrected chi connectivity index (χ1v) is 5.88. The van der Waals surface area contributed by atoms with Crippen LogP contribution < -0.4 is 9.47 Å². The molecule has 0 aliphatic carbocycles. The van der Waals surface area contributed by atoms with Crippen LogP contribution in [0.25, 0.3) is 0 Å². The van der Waals surface area contributed by atoms with Gasteiger partial charge in [0.2, 0.25) is 0 Å². The SMILES string of the molecule is COc1cccc(COc2ccc(C(=O)O)cc2F)c1. The number of benzene rings is 2. The normalized spacial score (nSPS) is 10.1. The highest BCUT2D eigenvalue weighted by atomic mass is 19.1. The number of aromatic carboxylic acids is 1. The number of carboxylic acid groups (broad SMARTS) is 1. The lowest BCUT2D eigenvalue weighted by molar-refractivity contribution is 0.0696. The molecule has 0 radical (unpaired) electrons. The Bertz CT molecular complexity index is 625. The zero-order valence-electron chi connectivity index (χ0n) is 10.8. The number of hydrogen-bond acceptors (Lipinski definition) is 3. The molecule has 0 fully saturated rings. The maximum atomic E-state index is 13.6. The fourth-order valence-corrected chi connectivity index (χ4v) is 1.67. The van der Waals surface area contributed by atoms with Crippen LogP contribution in [0.4, 0.5) is 4.39 Å². The summed E-state index contributed by atoms with van der Waals surface area (Å²) in [6.07, 6.45) is 0. The van der Waals surface area contributed by atoms with Crippen molar-refractivity contribution in [3.05, 3.63) is 59.4 Å². The molecule has 2 aromatic carbocycles. The van der Waals surface area contributed by atoms with Crippen molar-refractivity contribution in [1.82, 2.24) is 0 Å². The van der Waals surface area contributed by atoms with Crippen molar-refractivity contribution in [2.24, 2.45) is 0 Å². The summed E-state index contributed by atoms with van der Waals surface area (Å²) in [5.74, 6) is -1.18. The van der Waals surface area contributed by atoms with Crippen molar-refractivity contribution < 1.29 is 23.8 Å². The summed E-state index contributed by atoms with van der Waals surface area (Å²) < 4.78 is 24.1. The first kappa shape index (κ1) is 13.9. The maximum Gasteiger partial charge on any atom is 0.335 e. The van der Waals surface area contributed by atoms with Crippen LogP contribution in [0.1, 0.15) is 15.9 Å². The van der Waals surface area contributed by atoms with Crippen molar-refractivity contribution in [3.8, 4) is 11.5 Å². The molecule has 0 bridgehead atoms. The second-order valence-electron chi connectivity index (χ2n) is 4.09. The van der Waals surface area contributed by atoms with Gasteiger partial charge < -0.3 is 14.6 Å². The Morgan fingerprint density at radius 3 is 2.70 bits per heavy atom. The standard InChI is InChI=1S/C15H13FO4/c1-19-12-4-2-3-10(7-12)9-20-14-6-5-11(15(17)18)8-13(14)16/h2-8H,9H2,1H3,(H,17,18). The summed E-state index contributed by atoms with van der Waals surface area (Å²) in [5, 5.41) is 8.74. The monoisotopic (exact) mass is 276 g/mol. The lowest BCUT2D eigenvalue weighted by Gasteiger charge is -2.09. The number of ether oxygens (including phenoxy) is 2. The summed E-state index contributed by atoms with van der Waals surface area (Å²) >= 11 is 0. The van der Waals surface area contributed by atoms with E-state index in [0.29, 0.717) is 5.75 Å². The molecule has 0 saturated heterocycles. The quantitative estimate of drug-likeness (QED) is 0.911. The Kier molecular flexibility index (Phi) is 4.20. The van der Waals surface area contributed by atoms with Crippen LogP contribution in [0.5, 0.6) is 11.5 Å². The largest absolute Gasteiger partial charge is 0.497 e. The highest BCUT2D eigenvalue weighted by Gasteiger charge is 2.09. The summed E-state index contributed by atoms with van der Waals surface area (Å²) in [4.78, 5) is 10.7. The molecule has 0 heterocycles. The molecule has 0 unspecified atom stereocenters. The molecule has 0 saturated carbocycles. The molecule has 20 heavy (non-hydrogen) atoms. The molecule has 4 nitrogen and oxygen atoms in total. The van der Waals surface area contributed by atoms with Gasteiger partial charge in [0.05, 0.1) is 12.7 Å². The molecule has 0 aliphatic rings. The zero-order valence-corrected chi connectivity index (χ0v) is 10.8. The minimum absolute atomic E-state index is 0.0119. The predicted molar refractivity (Wildman–Crippen MR) is 70.7 cm³/mol. The summed E-state index contributed by atoms with van der Waals surface area (Å²) in [7, 11) is 1.56. The van der Waals surface area contributed by atoms with Crippen molar-refractivity contribution in [2.45, 2.75) is 6.61 Å². The van der Waals surface area contributed by atoms with E-state index in [-0.39, 0.29) is 17.9 Å². The molecule has 1 N–H and O–H groups in total. The second-order valence-corrected chi connectivity index (χ2v) is 4.09. The Morgan fingerprint density at radius 1 is 1.25 bits per heavy atom. The Morgan fingerprint density at radius 2 is 2.05 bits per heavy atom. The summed E-state index contributed by atoms with van der Waals surface area (Å²) in [6.45, 7) is 0.167. The lowest BCUT2D eigenvalue weighted by Crippen LogP contribution is -2.01. The van der Waals surface area contributed by atoms with E-state index < -0.39 is 11.8 Å². The van der Waals surface area contributed by atoms with Gasteiger partial charge in [-0.2, -0.15) is 0 Å². The van der Waals surface area contributed by atoms with E-state index >= 15 is 0 Å². The van der Waals surface area contributed by atoms with Gasteiger partial charge in [-0.25, -0.2) is 9.18 Å². The van der Waals surface area contributed by atoms with E-state index in [2.05, 4.69) is 0 Å². The van der Waals surface area contributed by atoms with Gasteiger partial charge in [-0.05, 0) is 35.9 Å². The molecule has 0 aliphatic heterocycles. The maximum absolute atomic E-state index is 13.6. The summed E-state index contributed by atoms with van der Waals surface area (Å²) in [6, 6.07) is 10.7. The van der Waals surface area contributed by atoms with Gasteiger partial charge in [-0.3, -0.25) is 0 Å². The summed E-state index contributed by atoms with van der Waals surface area (Å²) in [5.41, 5.74) is 0.710. The number of rotatable bonds is 5. The van der Waals surface area contributed by atoms with Crippen LogP contribution in [0.3, 0.4) is 0 Å². The zero-order chi connectivity index (χ0) is 14.5. The molecule has 0 spiro atoms. The van der Waals surface area contributed by atoms with Crippen LogP contribution >= 0.6 is 0 Å². The molecule has 0 atom stereocenters. The van der Waals surface area contributed by atoms with Gasteiger partial charge in [0.1, 0.15) is 12.4 Å². The third kappa shape index (κ3) is 3.26. The molecule has 0 aromatic heterocycles. The van der Waals surface area contributed by atoms with Crippen LogP contribution in [0.15, 0.2) is 42.5 Å². The predicted octanol–water partition coefficient (Wildman–Crippen LogP) is 3.11.